The molecule has 5 heteroatoms. The van der Waals surface area contributed by atoms with Gasteiger partial charge in [-0.3, -0.25) is 0 Å². The first kappa shape index (κ1) is 38.6. The van der Waals surface area contributed by atoms with Crippen LogP contribution in [-0.4, -0.2) is 24.5 Å². The Balaban J connectivity index is 1.19. The molecule has 0 saturated heterocycles. The molecule has 11 aromatic rings. The molecule has 304 valence electrons. The molecule has 0 N–H and O–H groups in total. The van der Waals surface area contributed by atoms with Gasteiger partial charge in [0.1, 0.15) is 0 Å². The maximum absolute atomic E-state index is 5.41. The summed E-state index contributed by atoms with van der Waals surface area (Å²) in [6, 6.07) is 72.2. The lowest BCUT2D eigenvalue weighted by atomic mass is 9.93. The number of nitrogens with zero attached hydrogens (tertiary/aromatic N) is 5. The van der Waals surface area contributed by atoms with E-state index in [0.717, 1.165) is 72.9 Å². The second-order valence-corrected chi connectivity index (χ2v) is 16.5. The minimum absolute atomic E-state index is 0.605. The number of fused-ring (bicyclic) bond motifs is 3. The Kier molecular flexibility index (Phi) is 9.78. The van der Waals surface area contributed by atoms with E-state index in [2.05, 4.69) is 183 Å². The zero-order valence-corrected chi connectivity index (χ0v) is 35.9. The lowest BCUT2D eigenvalue weighted by Crippen LogP contribution is -2.03. The average molecular weight is 822 g/mol. The molecular formula is C59H43N5. The van der Waals surface area contributed by atoms with E-state index in [1.54, 1.807) is 0 Å². The smallest absolute Gasteiger partial charge is 0.162 e. The maximum Gasteiger partial charge on any atom is 0.162 e. The molecule has 11 rings (SSSR count). The second kappa shape index (κ2) is 16.2. The number of aryl methyl sites for hydroxylation is 3. The maximum atomic E-state index is 5.41. The van der Waals surface area contributed by atoms with Crippen LogP contribution < -0.4 is 0 Å². The fraction of sp³-hybridized carbons (Fsp3) is 0.0508. The van der Waals surface area contributed by atoms with Crippen LogP contribution in [0, 0.1) is 20.8 Å². The van der Waals surface area contributed by atoms with Crippen molar-refractivity contribution in [2.45, 2.75) is 20.8 Å². The van der Waals surface area contributed by atoms with Crippen LogP contribution in [0.1, 0.15) is 16.7 Å². The molecular weight excluding hydrogens is 779 g/mol. The standard InChI is InChI=1S/C59H43N5/c1-38-32-39(2)57(40(3)33-38)45-28-30-55-48(34-45)47-26-16-17-27-54(47)64(55)56-31-29-46(58-60-50(41-18-8-4-9-19-41)36-51(61-58)42-20-10-5-11-21-42)35-49(56)59-62-52(43-22-12-6-13-23-43)37-53(63-59)44-24-14-7-15-25-44/h4-37H,1-3H3. The monoisotopic (exact) mass is 821 g/mol. The van der Waals surface area contributed by atoms with Crippen molar-refractivity contribution >= 4 is 21.8 Å². The highest BCUT2D eigenvalue weighted by Gasteiger charge is 2.22. The second-order valence-electron chi connectivity index (χ2n) is 16.5. The molecule has 5 nitrogen and oxygen atoms in total. The van der Waals surface area contributed by atoms with E-state index in [1.165, 1.54) is 38.6 Å². The molecule has 0 saturated carbocycles. The Labute approximate surface area is 373 Å². The highest BCUT2D eigenvalue weighted by molar-refractivity contribution is 6.11. The molecule has 0 bridgehead atoms. The van der Waals surface area contributed by atoms with Gasteiger partial charge >= 0.3 is 0 Å². The molecule has 0 spiro atoms. The van der Waals surface area contributed by atoms with Crippen LogP contribution in [0.2, 0.25) is 0 Å². The summed E-state index contributed by atoms with van der Waals surface area (Å²) < 4.78 is 2.37. The van der Waals surface area contributed by atoms with E-state index in [0.29, 0.717) is 11.6 Å². The third-order valence-electron chi connectivity index (χ3n) is 12.1. The van der Waals surface area contributed by atoms with Crippen molar-refractivity contribution in [3.05, 3.63) is 223 Å². The van der Waals surface area contributed by atoms with Crippen LogP contribution in [0.4, 0.5) is 0 Å². The SMILES string of the molecule is Cc1cc(C)c(-c2ccc3c(c2)c2ccccc2n3-c2ccc(-c3nc(-c4ccccc4)cc(-c4ccccc4)n3)cc2-c2nc(-c3ccccc3)cc(-c3ccccc3)n2)c(C)c1. The lowest BCUT2D eigenvalue weighted by molar-refractivity contribution is 1.13. The number of benzene rings is 8. The zero-order valence-electron chi connectivity index (χ0n) is 35.9. The van der Waals surface area contributed by atoms with Crippen molar-refractivity contribution in [1.82, 2.24) is 24.5 Å². The van der Waals surface area contributed by atoms with E-state index in [-0.39, 0.29) is 0 Å². The Hall–Kier alpha value is -8.28. The van der Waals surface area contributed by atoms with Crippen LogP contribution in [0.5, 0.6) is 0 Å². The predicted octanol–water partition coefficient (Wildman–Crippen LogP) is 15.0. The van der Waals surface area contributed by atoms with Crippen molar-refractivity contribution in [2.75, 3.05) is 0 Å². The highest BCUT2D eigenvalue weighted by Crippen LogP contribution is 2.41. The van der Waals surface area contributed by atoms with E-state index >= 15 is 0 Å². The largest absolute Gasteiger partial charge is 0.309 e. The summed E-state index contributed by atoms with van der Waals surface area (Å²) in [5.41, 5.74) is 18.6. The van der Waals surface area contributed by atoms with Gasteiger partial charge in [0.15, 0.2) is 11.6 Å². The Morgan fingerprint density at radius 1 is 0.328 bits per heavy atom. The van der Waals surface area contributed by atoms with Crippen molar-refractivity contribution in [3.63, 3.8) is 0 Å². The molecule has 0 atom stereocenters. The Morgan fingerprint density at radius 3 is 1.28 bits per heavy atom. The van der Waals surface area contributed by atoms with E-state index in [4.69, 9.17) is 19.9 Å². The van der Waals surface area contributed by atoms with Crippen LogP contribution >= 0.6 is 0 Å². The minimum Gasteiger partial charge on any atom is -0.309 e. The predicted molar refractivity (Wildman–Crippen MR) is 264 cm³/mol. The van der Waals surface area contributed by atoms with E-state index in [9.17, 15) is 0 Å². The summed E-state index contributed by atoms with van der Waals surface area (Å²) in [6.45, 7) is 6.60. The van der Waals surface area contributed by atoms with Gasteiger partial charge < -0.3 is 4.57 Å². The van der Waals surface area contributed by atoms with Gasteiger partial charge in [-0.15, -0.1) is 0 Å². The van der Waals surface area contributed by atoms with Crippen LogP contribution in [0.3, 0.4) is 0 Å². The quantitative estimate of drug-likeness (QED) is 0.153. The molecule has 0 amide bonds. The molecule has 8 aromatic carbocycles. The molecule has 0 aliphatic carbocycles. The van der Waals surface area contributed by atoms with Gasteiger partial charge in [0.25, 0.3) is 0 Å². The fourth-order valence-electron chi connectivity index (χ4n) is 9.24. The summed E-state index contributed by atoms with van der Waals surface area (Å²) >= 11 is 0. The number of aromatic nitrogens is 5. The first-order chi connectivity index (χ1) is 31.4. The molecule has 0 aliphatic heterocycles. The van der Waals surface area contributed by atoms with Gasteiger partial charge in [-0.05, 0) is 91.6 Å². The van der Waals surface area contributed by atoms with Crippen LogP contribution in [0.15, 0.2) is 206 Å². The molecule has 0 radical (unpaired) electrons. The van der Waals surface area contributed by atoms with Crippen molar-refractivity contribution < 1.29 is 0 Å². The minimum atomic E-state index is 0.605. The number of rotatable bonds is 8. The molecule has 64 heavy (non-hydrogen) atoms. The van der Waals surface area contributed by atoms with Crippen LogP contribution in [-0.2, 0) is 0 Å². The summed E-state index contributed by atoms with van der Waals surface area (Å²) in [5, 5.41) is 2.35. The number of hydrogen-bond acceptors (Lipinski definition) is 4. The van der Waals surface area contributed by atoms with E-state index < -0.39 is 0 Å². The molecule has 3 aromatic heterocycles. The van der Waals surface area contributed by atoms with E-state index in [1.807, 2.05) is 48.5 Å². The van der Waals surface area contributed by atoms with Gasteiger partial charge in [0.2, 0.25) is 0 Å². The van der Waals surface area contributed by atoms with Crippen molar-refractivity contribution in [3.8, 4) is 84.6 Å². The number of para-hydroxylation sites is 1. The Morgan fingerprint density at radius 2 is 0.766 bits per heavy atom. The molecule has 3 heterocycles. The fourth-order valence-corrected chi connectivity index (χ4v) is 9.24. The average Bonchev–Trinajstić information content (AvgIpc) is 3.68. The number of hydrogen-bond donors (Lipinski definition) is 0. The molecule has 0 aliphatic rings. The summed E-state index contributed by atoms with van der Waals surface area (Å²) in [5.74, 6) is 1.22. The first-order valence-electron chi connectivity index (χ1n) is 21.7. The highest BCUT2D eigenvalue weighted by atomic mass is 15.0. The van der Waals surface area contributed by atoms with Crippen LogP contribution in [0.25, 0.3) is 106 Å². The van der Waals surface area contributed by atoms with Gasteiger partial charge in [0, 0.05) is 44.2 Å². The van der Waals surface area contributed by atoms with Gasteiger partial charge in [-0.1, -0.05) is 163 Å². The van der Waals surface area contributed by atoms with Crippen molar-refractivity contribution in [1.29, 1.82) is 0 Å². The van der Waals surface area contributed by atoms with Crippen molar-refractivity contribution in [2.24, 2.45) is 0 Å². The molecule has 0 fully saturated rings. The zero-order chi connectivity index (χ0) is 43.1. The topological polar surface area (TPSA) is 56.5 Å². The lowest BCUT2D eigenvalue weighted by Gasteiger charge is -2.17. The Bertz CT molecular complexity index is 3370. The normalized spacial score (nSPS) is 11.4. The van der Waals surface area contributed by atoms with Gasteiger partial charge in [-0.25, -0.2) is 19.9 Å². The third kappa shape index (κ3) is 7.13. The summed E-state index contributed by atoms with van der Waals surface area (Å²) in [6.07, 6.45) is 0. The summed E-state index contributed by atoms with van der Waals surface area (Å²) in [4.78, 5) is 21.3. The first-order valence-corrected chi connectivity index (χ1v) is 21.7. The third-order valence-corrected chi connectivity index (χ3v) is 12.1. The summed E-state index contributed by atoms with van der Waals surface area (Å²) in [7, 11) is 0. The molecule has 0 unspecified atom stereocenters. The van der Waals surface area contributed by atoms with Gasteiger partial charge in [0.05, 0.1) is 39.5 Å². The van der Waals surface area contributed by atoms with Gasteiger partial charge in [-0.2, -0.15) is 0 Å².